The monoisotopic (exact) mass is 69.0 g/mol. The van der Waals surface area contributed by atoms with Gasteiger partial charge in [-0.15, -0.1) is 0 Å². The summed E-state index contributed by atoms with van der Waals surface area (Å²) in [7, 11) is 0. The minimum absolute atomic E-state index is 0.162. The Morgan fingerprint density at radius 2 is 2.20 bits per heavy atom. The summed E-state index contributed by atoms with van der Waals surface area (Å²) < 4.78 is 0. The Balaban J connectivity index is 2.47. The molecule has 1 fully saturated rings. The van der Waals surface area contributed by atoms with Gasteiger partial charge < -0.3 is 0 Å². The lowest BCUT2D eigenvalue weighted by Crippen LogP contribution is -1.61. The summed E-state index contributed by atoms with van der Waals surface area (Å²) in [5, 5.41) is 0. The Labute approximate surface area is 31.0 Å². The minimum Gasteiger partial charge on any atom is -0.299 e. The lowest BCUT2D eigenvalue weighted by Gasteiger charge is -1.51. The van der Waals surface area contributed by atoms with Crippen LogP contribution in [0.5, 0.6) is 0 Å². The van der Waals surface area contributed by atoms with E-state index in [4.69, 9.17) is 0 Å². The summed E-state index contributed by atoms with van der Waals surface area (Å²) in [4.78, 5) is 9.82. The molecule has 27 valence electrons. The van der Waals surface area contributed by atoms with Crippen molar-refractivity contribution in [1.82, 2.24) is 0 Å². The van der Waals surface area contributed by atoms with Gasteiger partial charge in [0.1, 0.15) is 5.78 Å². The average molecular weight is 69.1 g/mol. The molecule has 0 bridgehead atoms. The van der Waals surface area contributed by atoms with E-state index in [9.17, 15) is 4.79 Å². The van der Waals surface area contributed by atoms with Crippen LogP contribution in [0.4, 0.5) is 0 Å². The number of hydrogen-bond acceptors (Lipinski definition) is 1. The second-order valence-corrected chi connectivity index (χ2v) is 1.37. The van der Waals surface area contributed by atoms with Gasteiger partial charge in [0.25, 0.3) is 0 Å². The molecular weight excluding hydrogens is 64.0 g/mol. The molecule has 0 amide bonds. The molecule has 0 aromatic heterocycles. The van der Waals surface area contributed by atoms with Gasteiger partial charge in [-0.05, 0) is 6.92 Å². The number of hydrogen-bond donors (Lipinski definition) is 0. The van der Waals surface area contributed by atoms with Crippen LogP contribution in [-0.4, -0.2) is 5.78 Å². The van der Waals surface area contributed by atoms with E-state index in [1.165, 1.54) is 0 Å². The number of carbonyl (C=O) groups excluding carboxylic acids is 1. The van der Waals surface area contributed by atoms with E-state index in [0.29, 0.717) is 5.78 Å². The van der Waals surface area contributed by atoms with Crippen molar-refractivity contribution in [2.24, 2.45) is 5.92 Å². The summed E-state index contributed by atoms with van der Waals surface area (Å²) in [6, 6.07) is 0. The third-order valence-corrected chi connectivity index (χ3v) is 0.743. The number of Topliss-reactive ketones (excluding diaryl/α,β-unsaturated/α-hetero) is 1. The third kappa shape index (κ3) is 0.318. The first-order chi connectivity index (χ1) is 2.30. The van der Waals surface area contributed by atoms with E-state index >= 15 is 0 Å². The summed E-state index contributed by atoms with van der Waals surface area (Å²) >= 11 is 0. The van der Waals surface area contributed by atoms with E-state index in [-0.39, 0.29) is 5.92 Å². The van der Waals surface area contributed by atoms with Crippen LogP contribution in [0, 0.1) is 12.8 Å². The number of rotatable bonds is 0. The second-order valence-electron chi connectivity index (χ2n) is 1.37. The van der Waals surface area contributed by atoms with Gasteiger partial charge in [-0.1, -0.05) is 0 Å². The lowest BCUT2D eigenvalue weighted by atomic mass is 10.5. The first kappa shape index (κ1) is 2.88. The average Bonchev–Trinajstić information content (AvgIpc) is 1.79. The quantitative estimate of drug-likeness (QED) is 0.402. The molecule has 0 saturated heterocycles. The molecule has 0 aromatic carbocycles. The molecule has 1 saturated carbocycles. The van der Waals surface area contributed by atoms with Gasteiger partial charge in [-0.3, -0.25) is 4.79 Å². The molecule has 1 aliphatic rings. The summed E-state index contributed by atoms with van der Waals surface area (Å²) in [5.41, 5.74) is 0. The summed E-state index contributed by atoms with van der Waals surface area (Å²) in [6.45, 7) is 3.48. The maximum Gasteiger partial charge on any atom is 0.137 e. The number of carbonyl (C=O) groups is 1. The normalized spacial score (nSPS) is 34.6. The standard InChI is InChI=1S/C4H5O/c1-3-2-4(3)5/h3H,1-2H2. The van der Waals surface area contributed by atoms with Crippen LogP contribution in [0.1, 0.15) is 6.42 Å². The van der Waals surface area contributed by atoms with Gasteiger partial charge in [0, 0.05) is 12.3 Å². The fraction of sp³-hybridized carbons (Fsp3) is 0.500. The number of ketones is 1. The van der Waals surface area contributed by atoms with Gasteiger partial charge in [0.15, 0.2) is 0 Å². The molecule has 0 heterocycles. The molecule has 1 rings (SSSR count). The molecule has 1 unspecified atom stereocenters. The highest BCUT2D eigenvalue weighted by atomic mass is 16.1. The van der Waals surface area contributed by atoms with Crippen molar-refractivity contribution in [2.45, 2.75) is 6.42 Å². The highest BCUT2D eigenvalue weighted by molar-refractivity contribution is 5.96. The highest BCUT2D eigenvalue weighted by Gasteiger charge is 2.28. The molecule has 1 heteroatoms. The van der Waals surface area contributed by atoms with Crippen molar-refractivity contribution in [1.29, 1.82) is 0 Å². The molecule has 1 aliphatic carbocycles. The molecule has 1 atom stereocenters. The molecule has 0 spiro atoms. The maximum atomic E-state index is 9.82. The topological polar surface area (TPSA) is 17.1 Å². The van der Waals surface area contributed by atoms with E-state index in [2.05, 4.69) is 6.92 Å². The zero-order chi connectivity index (χ0) is 3.86. The van der Waals surface area contributed by atoms with Crippen LogP contribution in [0.2, 0.25) is 0 Å². The molecule has 1 radical (unpaired) electrons. The molecular formula is C4H5O. The van der Waals surface area contributed by atoms with Crippen LogP contribution in [0.3, 0.4) is 0 Å². The molecule has 0 aliphatic heterocycles. The fourth-order valence-electron chi connectivity index (χ4n) is 0.184. The first-order valence-corrected chi connectivity index (χ1v) is 1.66. The van der Waals surface area contributed by atoms with Gasteiger partial charge in [0.05, 0.1) is 0 Å². The Hall–Kier alpha value is -0.330. The molecule has 0 N–H and O–H groups in total. The predicted octanol–water partition coefficient (Wildman–Crippen LogP) is 0.409. The smallest absolute Gasteiger partial charge is 0.137 e. The van der Waals surface area contributed by atoms with Crippen molar-refractivity contribution in [3.63, 3.8) is 0 Å². The maximum absolute atomic E-state index is 9.82. The zero-order valence-electron chi connectivity index (χ0n) is 2.90. The molecule has 1 nitrogen and oxygen atoms in total. The minimum atomic E-state index is 0.162. The summed E-state index contributed by atoms with van der Waals surface area (Å²) in [5.74, 6) is 0.472. The predicted molar refractivity (Wildman–Crippen MR) is 18.5 cm³/mol. The van der Waals surface area contributed by atoms with Crippen molar-refractivity contribution in [3.05, 3.63) is 6.92 Å². The van der Waals surface area contributed by atoms with Crippen molar-refractivity contribution < 1.29 is 4.79 Å². The highest BCUT2D eigenvalue weighted by Crippen LogP contribution is 2.20. The van der Waals surface area contributed by atoms with Crippen LogP contribution < -0.4 is 0 Å². The van der Waals surface area contributed by atoms with Gasteiger partial charge in [-0.25, -0.2) is 0 Å². The first-order valence-electron chi connectivity index (χ1n) is 1.66. The van der Waals surface area contributed by atoms with Crippen LogP contribution in [0.15, 0.2) is 0 Å². The van der Waals surface area contributed by atoms with Crippen LogP contribution in [0.25, 0.3) is 0 Å². The zero-order valence-corrected chi connectivity index (χ0v) is 2.90. The molecule has 5 heavy (non-hydrogen) atoms. The van der Waals surface area contributed by atoms with Gasteiger partial charge in [0.2, 0.25) is 0 Å². The fourth-order valence-corrected chi connectivity index (χ4v) is 0.184. The van der Waals surface area contributed by atoms with E-state index in [0.717, 1.165) is 6.42 Å². The van der Waals surface area contributed by atoms with Crippen molar-refractivity contribution >= 4 is 5.78 Å². The SMILES string of the molecule is [CH2]C1CC1=O. The van der Waals surface area contributed by atoms with Gasteiger partial charge in [-0.2, -0.15) is 0 Å². The summed E-state index contributed by atoms with van der Waals surface area (Å²) in [6.07, 6.45) is 0.722. The van der Waals surface area contributed by atoms with Crippen molar-refractivity contribution in [2.75, 3.05) is 0 Å². The van der Waals surface area contributed by atoms with Crippen LogP contribution in [-0.2, 0) is 4.79 Å². The largest absolute Gasteiger partial charge is 0.299 e. The second kappa shape index (κ2) is 0.588. The third-order valence-electron chi connectivity index (χ3n) is 0.743. The lowest BCUT2D eigenvalue weighted by molar-refractivity contribution is -0.110. The Morgan fingerprint density at radius 1 is 2.00 bits per heavy atom. The molecule has 0 aromatic rings. The van der Waals surface area contributed by atoms with E-state index in [1.54, 1.807) is 0 Å². The Morgan fingerprint density at radius 3 is 2.20 bits per heavy atom. The van der Waals surface area contributed by atoms with Crippen molar-refractivity contribution in [3.8, 4) is 0 Å². The van der Waals surface area contributed by atoms with E-state index in [1.807, 2.05) is 0 Å². The van der Waals surface area contributed by atoms with Gasteiger partial charge >= 0.3 is 0 Å². The Bertz CT molecular complexity index is 66.0. The Kier molecular flexibility index (Phi) is 0.339. The van der Waals surface area contributed by atoms with E-state index < -0.39 is 0 Å². The van der Waals surface area contributed by atoms with Crippen LogP contribution >= 0.6 is 0 Å².